The lowest BCUT2D eigenvalue weighted by Gasteiger charge is -2.37. The summed E-state index contributed by atoms with van der Waals surface area (Å²) in [5.41, 5.74) is 1.87. The molecule has 21 heavy (non-hydrogen) atoms. The quantitative estimate of drug-likeness (QED) is 0.946. The second kappa shape index (κ2) is 5.69. The van der Waals surface area contributed by atoms with Crippen LogP contribution in [0.1, 0.15) is 24.1 Å². The van der Waals surface area contributed by atoms with Crippen molar-refractivity contribution >= 4 is 23.2 Å². The van der Waals surface area contributed by atoms with Gasteiger partial charge < -0.3 is 10.2 Å². The molecule has 1 saturated heterocycles. The second-order valence-corrected chi connectivity index (χ2v) is 5.91. The lowest BCUT2D eigenvalue weighted by molar-refractivity contribution is -0.149. The number of nitrogens with zero attached hydrogens (tertiary/aromatic N) is 1. The van der Waals surface area contributed by atoms with E-state index in [0.29, 0.717) is 6.54 Å². The second-order valence-electron chi connectivity index (χ2n) is 5.13. The third-order valence-corrected chi connectivity index (χ3v) is 4.46. The molecule has 2 aromatic rings. The Kier molecular flexibility index (Phi) is 3.75. The van der Waals surface area contributed by atoms with Crippen molar-refractivity contribution in [3.63, 3.8) is 0 Å². The normalized spacial score (nSPS) is 22.2. The van der Waals surface area contributed by atoms with E-state index in [9.17, 15) is 9.59 Å². The van der Waals surface area contributed by atoms with Crippen LogP contribution in [0.5, 0.6) is 0 Å². The van der Waals surface area contributed by atoms with E-state index in [1.807, 2.05) is 47.2 Å². The summed E-state index contributed by atoms with van der Waals surface area (Å²) < 4.78 is 0. The maximum Gasteiger partial charge on any atom is 0.250 e. The summed E-state index contributed by atoms with van der Waals surface area (Å²) in [7, 11) is 0. The SMILES string of the molecule is CC1C(=O)NC(c2ccccc2)C(=O)N1Cc1ccsc1. The average Bonchev–Trinajstić information content (AvgIpc) is 3.01. The molecule has 2 atom stereocenters. The van der Waals surface area contributed by atoms with Gasteiger partial charge in [0.05, 0.1) is 0 Å². The van der Waals surface area contributed by atoms with Crippen molar-refractivity contribution in [2.75, 3.05) is 0 Å². The van der Waals surface area contributed by atoms with Crippen LogP contribution in [0.15, 0.2) is 47.2 Å². The maximum atomic E-state index is 12.7. The highest BCUT2D eigenvalue weighted by Crippen LogP contribution is 2.24. The first-order chi connectivity index (χ1) is 10.2. The molecule has 0 aliphatic carbocycles. The van der Waals surface area contributed by atoms with Gasteiger partial charge >= 0.3 is 0 Å². The highest BCUT2D eigenvalue weighted by atomic mass is 32.1. The number of nitrogens with one attached hydrogen (secondary N) is 1. The lowest BCUT2D eigenvalue weighted by atomic mass is 10.0. The van der Waals surface area contributed by atoms with E-state index in [0.717, 1.165) is 11.1 Å². The minimum Gasteiger partial charge on any atom is -0.339 e. The molecule has 1 N–H and O–H groups in total. The topological polar surface area (TPSA) is 49.4 Å². The fourth-order valence-electron chi connectivity index (χ4n) is 2.49. The molecule has 0 bridgehead atoms. The highest BCUT2D eigenvalue weighted by molar-refractivity contribution is 7.07. The van der Waals surface area contributed by atoms with E-state index in [-0.39, 0.29) is 11.8 Å². The number of hydrogen-bond donors (Lipinski definition) is 1. The molecule has 1 aromatic carbocycles. The number of thiophene rings is 1. The van der Waals surface area contributed by atoms with Crippen LogP contribution in [0, 0.1) is 0 Å². The summed E-state index contributed by atoms with van der Waals surface area (Å²) in [5, 5.41) is 6.79. The smallest absolute Gasteiger partial charge is 0.250 e. The summed E-state index contributed by atoms with van der Waals surface area (Å²) in [6.07, 6.45) is 0. The zero-order valence-corrected chi connectivity index (χ0v) is 12.5. The first-order valence-electron chi connectivity index (χ1n) is 6.83. The van der Waals surface area contributed by atoms with Gasteiger partial charge in [0.25, 0.3) is 5.91 Å². The summed E-state index contributed by atoms with van der Waals surface area (Å²) in [6.45, 7) is 2.24. The number of carbonyl (C=O) groups is 2. The molecule has 2 heterocycles. The molecule has 1 aliphatic heterocycles. The van der Waals surface area contributed by atoms with Crippen molar-refractivity contribution < 1.29 is 9.59 Å². The first-order valence-corrected chi connectivity index (χ1v) is 7.78. The highest BCUT2D eigenvalue weighted by Gasteiger charge is 2.38. The van der Waals surface area contributed by atoms with Gasteiger partial charge in [-0.05, 0) is 34.9 Å². The molecule has 1 fully saturated rings. The van der Waals surface area contributed by atoms with Gasteiger partial charge in [0.15, 0.2) is 0 Å². The van der Waals surface area contributed by atoms with E-state index >= 15 is 0 Å². The molecule has 4 nitrogen and oxygen atoms in total. The van der Waals surface area contributed by atoms with Gasteiger partial charge in [0, 0.05) is 6.54 Å². The molecule has 0 radical (unpaired) electrons. The molecular formula is C16H16N2O2S. The third-order valence-electron chi connectivity index (χ3n) is 3.73. The monoisotopic (exact) mass is 300 g/mol. The number of rotatable bonds is 3. The molecule has 0 saturated carbocycles. The number of amides is 2. The van der Waals surface area contributed by atoms with Gasteiger partial charge in [0.1, 0.15) is 12.1 Å². The zero-order valence-electron chi connectivity index (χ0n) is 11.7. The Labute approximate surface area is 127 Å². The Morgan fingerprint density at radius 3 is 2.62 bits per heavy atom. The molecule has 1 aliphatic rings. The third kappa shape index (κ3) is 2.69. The van der Waals surface area contributed by atoms with Gasteiger partial charge in [-0.1, -0.05) is 30.3 Å². The van der Waals surface area contributed by atoms with Crippen LogP contribution in [0.25, 0.3) is 0 Å². The number of carbonyl (C=O) groups excluding carboxylic acids is 2. The minimum atomic E-state index is -0.589. The Bertz CT molecular complexity index is 640. The van der Waals surface area contributed by atoms with E-state index < -0.39 is 12.1 Å². The largest absolute Gasteiger partial charge is 0.339 e. The summed E-state index contributed by atoms with van der Waals surface area (Å²) in [4.78, 5) is 26.5. The molecule has 1 aromatic heterocycles. The molecule has 2 amide bonds. The number of piperazine rings is 1. The standard InChI is InChI=1S/C16H16N2O2S/c1-11-15(19)17-14(13-5-3-2-4-6-13)16(20)18(11)9-12-7-8-21-10-12/h2-8,10-11,14H,9H2,1H3,(H,17,19). The van der Waals surface area contributed by atoms with Crippen LogP contribution in [0.3, 0.4) is 0 Å². The predicted octanol–water partition coefficient (Wildman–Crippen LogP) is 2.34. The van der Waals surface area contributed by atoms with Crippen LogP contribution in [0.4, 0.5) is 0 Å². The van der Waals surface area contributed by atoms with Crippen molar-refractivity contribution in [3.8, 4) is 0 Å². The maximum absolute atomic E-state index is 12.7. The molecule has 0 spiro atoms. The van der Waals surface area contributed by atoms with E-state index in [1.165, 1.54) is 0 Å². The van der Waals surface area contributed by atoms with Gasteiger partial charge in [-0.2, -0.15) is 11.3 Å². The molecular weight excluding hydrogens is 284 g/mol. The van der Waals surface area contributed by atoms with E-state index in [4.69, 9.17) is 0 Å². The van der Waals surface area contributed by atoms with Crippen molar-refractivity contribution in [1.82, 2.24) is 10.2 Å². The Balaban J connectivity index is 1.88. The fraction of sp³-hybridized carbons (Fsp3) is 0.250. The Morgan fingerprint density at radius 1 is 1.19 bits per heavy atom. The molecule has 5 heteroatoms. The number of hydrogen-bond acceptors (Lipinski definition) is 3. The minimum absolute atomic E-state index is 0.0560. The zero-order chi connectivity index (χ0) is 14.8. The first kappa shape index (κ1) is 13.8. The van der Waals surface area contributed by atoms with Crippen molar-refractivity contribution in [2.45, 2.75) is 25.6 Å². The number of benzene rings is 1. The molecule has 108 valence electrons. The Morgan fingerprint density at radius 2 is 1.95 bits per heavy atom. The molecule has 2 unspecified atom stereocenters. The lowest BCUT2D eigenvalue weighted by Crippen LogP contribution is -2.58. The molecule has 3 rings (SSSR count). The Hall–Kier alpha value is -2.14. The van der Waals surface area contributed by atoms with Gasteiger partial charge in [-0.15, -0.1) is 0 Å². The van der Waals surface area contributed by atoms with Crippen LogP contribution < -0.4 is 5.32 Å². The van der Waals surface area contributed by atoms with Gasteiger partial charge in [-0.3, -0.25) is 9.59 Å². The van der Waals surface area contributed by atoms with Crippen LogP contribution in [-0.2, 0) is 16.1 Å². The van der Waals surface area contributed by atoms with Crippen molar-refractivity contribution in [3.05, 3.63) is 58.3 Å². The summed E-state index contributed by atoms with van der Waals surface area (Å²) in [5.74, 6) is -0.168. The van der Waals surface area contributed by atoms with Gasteiger partial charge in [-0.25, -0.2) is 0 Å². The van der Waals surface area contributed by atoms with Crippen LogP contribution in [0.2, 0.25) is 0 Å². The van der Waals surface area contributed by atoms with E-state index in [2.05, 4.69) is 5.32 Å². The van der Waals surface area contributed by atoms with Crippen LogP contribution in [-0.4, -0.2) is 22.8 Å². The van der Waals surface area contributed by atoms with Gasteiger partial charge in [0.2, 0.25) is 5.91 Å². The summed E-state index contributed by atoms with van der Waals surface area (Å²) >= 11 is 1.59. The van der Waals surface area contributed by atoms with E-state index in [1.54, 1.807) is 23.2 Å². The van der Waals surface area contributed by atoms with Crippen LogP contribution >= 0.6 is 11.3 Å². The van der Waals surface area contributed by atoms with Crippen molar-refractivity contribution in [2.24, 2.45) is 0 Å². The summed E-state index contributed by atoms with van der Waals surface area (Å²) in [6, 6.07) is 10.3. The average molecular weight is 300 g/mol. The van der Waals surface area contributed by atoms with Crippen molar-refractivity contribution in [1.29, 1.82) is 0 Å². The predicted molar refractivity (Wildman–Crippen MR) is 81.7 cm³/mol. The fourth-order valence-corrected chi connectivity index (χ4v) is 3.15.